The number of halogens is 3. The van der Waals surface area contributed by atoms with E-state index in [0.29, 0.717) is 17.9 Å². The lowest BCUT2D eigenvalue weighted by Gasteiger charge is -2.44. The first-order valence-corrected chi connectivity index (χ1v) is 10.2. The van der Waals surface area contributed by atoms with Crippen LogP contribution >= 0.6 is 11.8 Å². The fourth-order valence-electron chi connectivity index (χ4n) is 3.46. The molecule has 162 valence electrons. The number of hydrogen-bond donors (Lipinski definition) is 1. The second kappa shape index (κ2) is 9.40. The average Bonchev–Trinajstić information content (AvgIpc) is 3.05. The maximum atomic E-state index is 13.8. The molecule has 1 aliphatic heterocycles. The second-order valence-corrected chi connectivity index (χ2v) is 8.21. The molecule has 0 saturated heterocycles. The Morgan fingerprint density at radius 2 is 1.90 bits per heavy atom. The topological polar surface area (TPSA) is 47.6 Å². The van der Waals surface area contributed by atoms with Crippen molar-refractivity contribution in [2.45, 2.75) is 44.0 Å². The first-order valence-electron chi connectivity index (χ1n) is 9.27. The Morgan fingerprint density at radius 3 is 2.41 bits per heavy atom. The zero-order chi connectivity index (χ0) is 21.8. The fraction of sp³-hybridized carbons (Fsp3) is 0.550. The van der Waals surface area contributed by atoms with Crippen LogP contribution in [0.2, 0.25) is 0 Å². The Labute approximate surface area is 173 Å². The number of amides is 1. The highest BCUT2D eigenvalue weighted by molar-refractivity contribution is 8.02. The van der Waals surface area contributed by atoms with Gasteiger partial charge in [0.2, 0.25) is 5.37 Å². The third kappa shape index (κ3) is 5.26. The summed E-state index contributed by atoms with van der Waals surface area (Å²) in [6.45, 7) is 3.51. The molecule has 4 atom stereocenters. The predicted molar refractivity (Wildman–Crippen MR) is 107 cm³/mol. The van der Waals surface area contributed by atoms with Crippen LogP contribution in [-0.2, 0) is 16.0 Å². The van der Waals surface area contributed by atoms with Crippen LogP contribution in [-0.4, -0.2) is 61.9 Å². The Kier molecular flexibility index (Phi) is 7.64. The molecule has 5 nitrogen and oxygen atoms in total. The van der Waals surface area contributed by atoms with E-state index in [0.717, 1.165) is 17.3 Å². The number of benzene rings is 1. The summed E-state index contributed by atoms with van der Waals surface area (Å²) in [6, 6.07) is 6.74. The van der Waals surface area contributed by atoms with Gasteiger partial charge in [-0.2, -0.15) is 13.2 Å². The lowest BCUT2D eigenvalue weighted by molar-refractivity contribution is -0.916. The van der Waals surface area contributed by atoms with Crippen molar-refractivity contribution in [1.82, 2.24) is 5.32 Å². The van der Waals surface area contributed by atoms with Crippen LogP contribution in [0.25, 0.3) is 0 Å². The molecule has 0 fully saturated rings. The Balaban J connectivity index is 2.18. The van der Waals surface area contributed by atoms with Crippen LogP contribution in [0, 0.1) is 0 Å². The summed E-state index contributed by atoms with van der Waals surface area (Å²) in [5.41, 5.74) is 1.52. The molecule has 1 aromatic rings. The van der Waals surface area contributed by atoms with Crippen LogP contribution in [0.3, 0.4) is 0 Å². The summed E-state index contributed by atoms with van der Waals surface area (Å²) in [7, 11) is 4.66. The van der Waals surface area contributed by atoms with Gasteiger partial charge in [0.25, 0.3) is 5.91 Å². The van der Waals surface area contributed by atoms with E-state index >= 15 is 0 Å². The standard InChI is InChI=1S/C20H27F3N2O3S/c1-13(10-15-6-8-16(9-7-15)28-11-18(26)24-3)25(4)17(14(2)27-5)12-29-19(25)20(21,22)23/h6-9,12-14,19H,10-11H2,1-5H3/p+1. The van der Waals surface area contributed by atoms with E-state index in [4.69, 9.17) is 9.47 Å². The van der Waals surface area contributed by atoms with Crippen molar-refractivity contribution in [3.8, 4) is 5.75 Å². The number of alkyl halides is 3. The minimum Gasteiger partial charge on any atom is -0.484 e. The number of ether oxygens (including phenoxy) is 2. The number of methoxy groups -OCH3 is 1. The zero-order valence-electron chi connectivity index (χ0n) is 17.2. The van der Waals surface area contributed by atoms with E-state index in [9.17, 15) is 18.0 Å². The van der Waals surface area contributed by atoms with Crippen molar-refractivity contribution >= 4 is 17.7 Å². The van der Waals surface area contributed by atoms with Crippen LogP contribution in [0.1, 0.15) is 19.4 Å². The summed E-state index contributed by atoms with van der Waals surface area (Å²) >= 11 is 0.808. The normalized spacial score (nSPS) is 24.0. The number of rotatable bonds is 8. The summed E-state index contributed by atoms with van der Waals surface area (Å²) in [5.74, 6) is 0.292. The molecule has 0 spiro atoms. The molecule has 4 unspecified atom stereocenters. The number of carbonyl (C=O) groups excluding carboxylic acids is 1. The van der Waals surface area contributed by atoms with Crippen molar-refractivity contribution in [3.63, 3.8) is 0 Å². The molecule has 0 bridgehead atoms. The van der Waals surface area contributed by atoms with Crippen molar-refractivity contribution in [3.05, 3.63) is 40.9 Å². The van der Waals surface area contributed by atoms with E-state index in [2.05, 4.69) is 5.32 Å². The van der Waals surface area contributed by atoms with Gasteiger partial charge in [0.1, 0.15) is 17.6 Å². The fourth-order valence-corrected chi connectivity index (χ4v) is 4.88. The maximum Gasteiger partial charge on any atom is 0.452 e. The Hall–Kier alpha value is -1.71. The third-order valence-corrected chi connectivity index (χ3v) is 6.77. The number of thioether (sulfide) groups is 1. The number of quaternary nitrogens is 1. The smallest absolute Gasteiger partial charge is 0.452 e. The van der Waals surface area contributed by atoms with Gasteiger partial charge in [-0.05, 0) is 31.5 Å². The van der Waals surface area contributed by atoms with E-state index < -0.39 is 17.7 Å². The van der Waals surface area contributed by atoms with E-state index in [1.165, 1.54) is 14.2 Å². The van der Waals surface area contributed by atoms with Crippen molar-refractivity contribution in [1.29, 1.82) is 0 Å². The molecule has 0 saturated carbocycles. The summed E-state index contributed by atoms with van der Waals surface area (Å²) in [4.78, 5) is 11.3. The van der Waals surface area contributed by atoms with E-state index in [-0.39, 0.29) is 23.0 Å². The summed E-state index contributed by atoms with van der Waals surface area (Å²) in [6.07, 6.45) is -4.30. The van der Waals surface area contributed by atoms with Gasteiger partial charge in [0.05, 0.1) is 13.1 Å². The molecule has 1 aromatic carbocycles. The zero-order valence-corrected chi connectivity index (χ0v) is 18.1. The lowest BCUT2D eigenvalue weighted by Crippen LogP contribution is -2.60. The summed E-state index contributed by atoms with van der Waals surface area (Å²) in [5, 5.41) is 2.49. The Morgan fingerprint density at radius 1 is 1.28 bits per heavy atom. The number of nitrogens with zero attached hydrogens (tertiary/aromatic N) is 1. The van der Waals surface area contributed by atoms with Crippen LogP contribution in [0.5, 0.6) is 5.75 Å². The second-order valence-electron chi connectivity index (χ2n) is 7.26. The van der Waals surface area contributed by atoms with Crippen molar-refractivity contribution in [2.75, 3.05) is 27.8 Å². The molecule has 1 aliphatic rings. The molecule has 2 rings (SSSR count). The highest BCUT2D eigenvalue weighted by Crippen LogP contribution is 2.49. The highest BCUT2D eigenvalue weighted by Gasteiger charge is 2.60. The molecule has 1 N–H and O–H groups in total. The largest absolute Gasteiger partial charge is 0.484 e. The molecule has 0 aromatic heterocycles. The van der Waals surface area contributed by atoms with Gasteiger partial charge >= 0.3 is 6.18 Å². The Bertz CT molecular complexity index is 739. The minimum absolute atomic E-state index is 0.0885. The van der Waals surface area contributed by atoms with Gasteiger partial charge < -0.3 is 14.8 Å². The van der Waals surface area contributed by atoms with Crippen LogP contribution in [0.15, 0.2) is 35.4 Å². The van der Waals surface area contributed by atoms with Gasteiger partial charge in [-0.3, -0.25) is 9.28 Å². The lowest BCUT2D eigenvalue weighted by atomic mass is 10.0. The van der Waals surface area contributed by atoms with Gasteiger partial charge in [-0.25, -0.2) is 0 Å². The molecule has 1 heterocycles. The van der Waals surface area contributed by atoms with Gasteiger partial charge in [0, 0.05) is 26.0 Å². The number of likely N-dealkylation sites (N-methyl/N-ethyl adjacent to an activating group) is 2. The number of hydrogen-bond acceptors (Lipinski definition) is 4. The van der Waals surface area contributed by atoms with Crippen LogP contribution < -0.4 is 10.1 Å². The maximum absolute atomic E-state index is 13.8. The van der Waals surface area contributed by atoms with E-state index in [1.54, 1.807) is 31.5 Å². The average molecular weight is 434 g/mol. The van der Waals surface area contributed by atoms with E-state index in [1.807, 2.05) is 19.1 Å². The monoisotopic (exact) mass is 433 g/mol. The molecule has 1 amide bonds. The molecule has 29 heavy (non-hydrogen) atoms. The first kappa shape index (κ1) is 23.6. The minimum atomic E-state index is -4.34. The molecular formula is C20H28F3N2O3S+. The van der Waals surface area contributed by atoms with Crippen LogP contribution in [0.4, 0.5) is 13.2 Å². The highest BCUT2D eigenvalue weighted by atomic mass is 32.2. The molecular weight excluding hydrogens is 405 g/mol. The SMILES string of the molecule is CNC(=O)COc1ccc(CC(C)[N+]2(C)C(C(C)OC)=CSC2C(F)(F)F)cc1. The van der Waals surface area contributed by atoms with Gasteiger partial charge in [-0.1, -0.05) is 23.9 Å². The van der Waals surface area contributed by atoms with Crippen molar-refractivity contribution < 1.29 is 31.9 Å². The van der Waals surface area contributed by atoms with Gasteiger partial charge in [0.15, 0.2) is 6.61 Å². The first-order chi connectivity index (χ1) is 13.5. The molecule has 0 radical (unpaired) electrons. The van der Waals surface area contributed by atoms with Gasteiger partial charge in [-0.15, -0.1) is 0 Å². The predicted octanol–water partition coefficient (Wildman–Crippen LogP) is 3.70. The quantitative estimate of drug-likeness (QED) is 0.635. The van der Waals surface area contributed by atoms with Crippen molar-refractivity contribution in [2.24, 2.45) is 0 Å². The molecule has 0 aliphatic carbocycles. The molecule has 9 heteroatoms. The number of nitrogens with one attached hydrogen (secondary N) is 1. The third-order valence-electron chi connectivity index (χ3n) is 5.43. The summed E-state index contributed by atoms with van der Waals surface area (Å²) < 4.78 is 51.8. The number of carbonyl (C=O) groups is 1.